The van der Waals surface area contributed by atoms with E-state index in [4.69, 9.17) is 28.4 Å². The third kappa shape index (κ3) is 11.2. The smallest absolute Gasteiger partial charge is 0.186 e. The molecule has 244 valence electrons. The first-order valence-electron chi connectivity index (χ1n) is 15.8. The first kappa shape index (κ1) is 34.7. The van der Waals surface area contributed by atoms with E-state index in [1.165, 1.54) is 0 Å². The summed E-state index contributed by atoms with van der Waals surface area (Å²) in [6.07, 6.45) is 0.372. The molecule has 0 saturated carbocycles. The SMILES string of the molecule is CSSCCCO[C@@H]1O[C@H](COCc2ccccc2)[C@H](OCc2ccccc2)[C@H](OCc2ccccc2)[C@H]1OCc1ccccc1. The van der Waals surface area contributed by atoms with Crippen molar-refractivity contribution in [3.63, 3.8) is 0 Å². The van der Waals surface area contributed by atoms with E-state index >= 15 is 0 Å². The Morgan fingerprint density at radius 3 is 1.50 bits per heavy atom. The van der Waals surface area contributed by atoms with Crippen LogP contribution in [0.5, 0.6) is 0 Å². The quantitative estimate of drug-likeness (QED) is 0.0739. The third-order valence-corrected chi connectivity index (χ3v) is 9.51. The molecule has 4 aromatic carbocycles. The number of ether oxygens (including phenoxy) is 6. The molecular formula is C38H44O6S2. The van der Waals surface area contributed by atoms with Gasteiger partial charge in [-0.05, 0) is 34.9 Å². The van der Waals surface area contributed by atoms with E-state index in [0.717, 1.165) is 34.4 Å². The molecule has 0 N–H and O–H groups in total. The van der Waals surface area contributed by atoms with Gasteiger partial charge in [-0.1, -0.05) is 143 Å². The monoisotopic (exact) mass is 660 g/mol. The van der Waals surface area contributed by atoms with Gasteiger partial charge in [-0.25, -0.2) is 0 Å². The highest BCUT2D eigenvalue weighted by atomic mass is 33.1. The average molecular weight is 661 g/mol. The van der Waals surface area contributed by atoms with Gasteiger partial charge in [0.15, 0.2) is 6.29 Å². The molecule has 46 heavy (non-hydrogen) atoms. The Labute approximate surface area is 281 Å². The molecule has 5 rings (SSSR count). The lowest BCUT2D eigenvalue weighted by atomic mass is 9.97. The molecule has 5 atom stereocenters. The molecule has 0 aliphatic carbocycles. The average Bonchev–Trinajstić information content (AvgIpc) is 3.11. The van der Waals surface area contributed by atoms with Crippen LogP contribution in [0.2, 0.25) is 0 Å². The van der Waals surface area contributed by atoms with Crippen molar-refractivity contribution in [2.75, 3.05) is 25.2 Å². The summed E-state index contributed by atoms with van der Waals surface area (Å²) < 4.78 is 39.6. The molecule has 1 aliphatic heterocycles. The van der Waals surface area contributed by atoms with Crippen molar-refractivity contribution in [2.45, 2.75) is 63.6 Å². The lowest BCUT2D eigenvalue weighted by Crippen LogP contribution is -2.61. The highest BCUT2D eigenvalue weighted by molar-refractivity contribution is 8.76. The molecule has 8 heteroatoms. The summed E-state index contributed by atoms with van der Waals surface area (Å²) in [7, 11) is 3.59. The Balaban J connectivity index is 1.41. The van der Waals surface area contributed by atoms with Gasteiger partial charge < -0.3 is 28.4 Å². The van der Waals surface area contributed by atoms with Crippen LogP contribution < -0.4 is 0 Å². The number of benzene rings is 4. The van der Waals surface area contributed by atoms with Gasteiger partial charge >= 0.3 is 0 Å². The Morgan fingerprint density at radius 2 is 1.00 bits per heavy atom. The Morgan fingerprint density at radius 1 is 0.543 bits per heavy atom. The fourth-order valence-corrected chi connectivity index (χ4v) is 6.54. The van der Waals surface area contributed by atoms with Crippen molar-refractivity contribution >= 4 is 21.6 Å². The van der Waals surface area contributed by atoms with E-state index in [1.807, 2.05) is 83.6 Å². The van der Waals surface area contributed by atoms with E-state index in [9.17, 15) is 0 Å². The van der Waals surface area contributed by atoms with Gasteiger partial charge in [-0.15, -0.1) is 0 Å². The van der Waals surface area contributed by atoms with Crippen molar-refractivity contribution in [1.29, 1.82) is 0 Å². The van der Waals surface area contributed by atoms with E-state index in [1.54, 1.807) is 10.8 Å². The fraction of sp³-hybridized carbons (Fsp3) is 0.368. The van der Waals surface area contributed by atoms with Crippen molar-refractivity contribution in [3.8, 4) is 0 Å². The van der Waals surface area contributed by atoms with Crippen LogP contribution in [-0.2, 0) is 54.8 Å². The standard InChI is InChI=1S/C38H44O6S2/c1-45-46-24-14-23-40-38-37(43-28-33-21-12-5-13-22-33)36(42-27-32-19-10-4-11-20-32)35(41-26-31-17-8-3-9-18-31)34(44-38)29-39-25-30-15-6-2-7-16-30/h2-13,15-22,34-38H,14,23-29H2,1H3/t34-,35+,36+,37-,38-/m1/s1. The molecule has 0 unspecified atom stereocenters. The normalized spacial score (nSPS) is 21.3. The van der Waals surface area contributed by atoms with Gasteiger partial charge in [0.2, 0.25) is 0 Å². The van der Waals surface area contributed by atoms with Gasteiger partial charge in [0.25, 0.3) is 0 Å². The molecule has 1 saturated heterocycles. The molecule has 1 heterocycles. The third-order valence-electron chi connectivity index (χ3n) is 7.61. The first-order valence-corrected chi connectivity index (χ1v) is 18.5. The van der Waals surface area contributed by atoms with Crippen molar-refractivity contribution in [2.24, 2.45) is 0 Å². The van der Waals surface area contributed by atoms with Crippen molar-refractivity contribution < 1.29 is 28.4 Å². The predicted octanol–water partition coefficient (Wildman–Crippen LogP) is 8.10. The molecule has 0 spiro atoms. The van der Waals surface area contributed by atoms with Gasteiger partial charge in [-0.2, -0.15) is 0 Å². The van der Waals surface area contributed by atoms with E-state index in [0.29, 0.717) is 39.6 Å². The van der Waals surface area contributed by atoms with Crippen LogP contribution in [0.3, 0.4) is 0 Å². The van der Waals surface area contributed by atoms with Crippen molar-refractivity contribution in [3.05, 3.63) is 144 Å². The Kier molecular flexibility index (Phi) is 15.0. The van der Waals surface area contributed by atoms with Gasteiger partial charge in [0, 0.05) is 5.75 Å². The molecule has 1 fully saturated rings. The number of hydrogen-bond donors (Lipinski definition) is 0. The zero-order valence-corrected chi connectivity index (χ0v) is 28.0. The van der Waals surface area contributed by atoms with Gasteiger partial charge in [-0.3, -0.25) is 0 Å². The second-order valence-electron chi connectivity index (χ2n) is 11.0. The molecule has 4 aromatic rings. The second-order valence-corrected chi connectivity index (χ2v) is 13.7. The van der Waals surface area contributed by atoms with Gasteiger partial charge in [0.1, 0.15) is 24.4 Å². The summed E-state index contributed by atoms with van der Waals surface area (Å²) in [6, 6.07) is 40.7. The summed E-state index contributed by atoms with van der Waals surface area (Å²) in [6.45, 7) is 2.51. The molecule has 6 nitrogen and oxygen atoms in total. The summed E-state index contributed by atoms with van der Waals surface area (Å²) in [5.41, 5.74) is 4.30. The van der Waals surface area contributed by atoms with E-state index in [2.05, 4.69) is 54.8 Å². The molecule has 0 bridgehead atoms. The predicted molar refractivity (Wildman–Crippen MR) is 186 cm³/mol. The maximum atomic E-state index is 6.77. The topological polar surface area (TPSA) is 55.4 Å². The summed E-state index contributed by atoms with van der Waals surface area (Å²) in [5, 5.41) is 0. The van der Waals surface area contributed by atoms with Crippen LogP contribution in [-0.4, -0.2) is 55.9 Å². The molecular weight excluding hydrogens is 617 g/mol. The molecule has 0 aromatic heterocycles. The number of hydrogen-bond acceptors (Lipinski definition) is 8. The minimum absolute atomic E-state index is 0.313. The molecule has 0 amide bonds. The van der Waals surface area contributed by atoms with Crippen LogP contribution in [0, 0.1) is 0 Å². The highest BCUT2D eigenvalue weighted by Crippen LogP contribution is 2.32. The van der Waals surface area contributed by atoms with Crippen LogP contribution in [0.4, 0.5) is 0 Å². The maximum Gasteiger partial charge on any atom is 0.186 e. The summed E-state index contributed by atoms with van der Waals surface area (Å²) in [4.78, 5) is 0. The Bertz CT molecular complexity index is 1350. The number of rotatable bonds is 19. The van der Waals surface area contributed by atoms with Crippen molar-refractivity contribution in [1.82, 2.24) is 0 Å². The van der Waals surface area contributed by atoms with Crippen LogP contribution >= 0.6 is 21.6 Å². The van der Waals surface area contributed by atoms with Crippen LogP contribution in [0.25, 0.3) is 0 Å². The minimum atomic E-state index is -0.661. The first-order chi connectivity index (χ1) is 22.8. The summed E-state index contributed by atoms with van der Waals surface area (Å²) in [5.74, 6) is 0.990. The largest absolute Gasteiger partial charge is 0.374 e. The van der Waals surface area contributed by atoms with Crippen LogP contribution in [0.15, 0.2) is 121 Å². The lowest BCUT2D eigenvalue weighted by molar-refractivity contribution is -0.328. The van der Waals surface area contributed by atoms with Crippen LogP contribution in [0.1, 0.15) is 28.7 Å². The highest BCUT2D eigenvalue weighted by Gasteiger charge is 2.49. The van der Waals surface area contributed by atoms with E-state index in [-0.39, 0.29) is 0 Å². The molecule has 0 radical (unpaired) electrons. The lowest BCUT2D eigenvalue weighted by Gasteiger charge is -2.46. The zero-order chi connectivity index (χ0) is 31.7. The fourth-order valence-electron chi connectivity index (χ4n) is 5.28. The Hall–Kier alpha value is -2.66. The van der Waals surface area contributed by atoms with Gasteiger partial charge in [0.05, 0.1) is 39.6 Å². The minimum Gasteiger partial charge on any atom is -0.374 e. The second kappa shape index (κ2) is 19.9. The summed E-state index contributed by atoms with van der Waals surface area (Å²) >= 11 is 0. The van der Waals surface area contributed by atoms with E-state index < -0.39 is 30.7 Å². The molecule has 1 aliphatic rings. The zero-order valence-electron chi connectivity index (χ0n) is 26.4. The maximum absolute atomic E-state index is 6.77.